The van der Waals surface area contributed by atoms with Crippen molar-refractivity contribution in [3.8, 4) is 0 Å². The maximum atomic E-state index is 12.8. The molecule has 0 aliphatic rings. The van der Waals surface area contributed by atoms with Gasteiger partial charge in [-0.05, 0) is 77.7 Å². The number of amides is 2. The number of nitrogens with zero attached hydrogens (tertiary/aromatic N) is 3. The average molecular weight is 604 g/mol. The fourth-order valence-corrected chi connectivity index (χ4v) is 5.38. The van der Waals surface area contributed by atoms with Gasteiger partial charge in [0.2, 0.25) is 5.91 Å². The van der Waals surface area contributed by atoms with Crippen LogP contribution in [0.2, 0.25) is 0 Å². The summed E-state index contributed by atoms with van der Waals surface area (Å²) in [6, 6.07) is 12.8. The van der Waals surface area contributed by atoms with Crippen molar-refractivity contribution < 1.29 is 9.59 Å². The predicted octanol–water partition coefficient (Wildman–Crippen LogP) is 5.54. The summed E-state index contributed by atoms with van der Waals surface area (Å²) in [6.07, 6.45) is 1.76. The third-order valence-corrected chi connectivity index (χ3v) is 7.01. The lowest BCUT2D eigenvalue weighted by Gasteiger charge is -2.22. The van der Waals surface area contributed by atoms with Gasteiger partial charge in [0, 0.05) is 21.4 Å². The first-order chi connectivity index (χ1) is 16.7. The van der Waals surface area contributed by atoms with E-state index in [4.69, 9.17) is 0 Å². The number of hydrogen-bond donors (Lipinski definition) is 2. The Balaban J connectivity index is 1.76. The maximum absolute atomic E-state index is 12.8. The van der Waals surface area contributed by atoms with Gasteiger partial charge in [0.05, 0.1) is 11.8 Å². The summed E-state index contributed by atoms with van der Waals surface area (Å²) in [5.74, 6) is 0.604. The van der Waals surface area contributed by atoms with E-state index in [2.05, 4.69) is 50.0 Å². The molecule has 2 amide bonds. The van der Waals surface area contributed by atoms with Crippen LogP contribution in [0, 0.1) is 23.3 Å². The number of nitrogens with one attached hydrogen (secondary N) is 2. The molecule has 1 aromatic heterocycles. The Morgan fingerprint density at radius 1 is 1.14 bits per heavy atom. The second kappa shape index (κ2) is 12.3. The second-order valence-electron chi connectivity index (χ2n) is 8.55. The molecule has 0 radical (unpaired) electrons. The van der Waals surface area contributed by atoms with Gasteiger partial charge in [-0.1, -0.05) is 49.9 Å². The van der Waals surface area contributed by atoms with E-state index in [1.807, 2.05) is 62.6 Å². The molecular formula is C26H30IN5O2S. The van der Waals surface area contributed by atoms with Gasteiger partial charge in [0.15, 0.2) is 11.0 Å². The molecule has 0 bridgehead atoms. The topological polar surface area (TPSA) is 88.9 Å². The van der Waals surface area contributed by atoms with Gasteiger partial charge in [-0.15, -0.1) is 16.8 Å². The van der Waals surface area contributed by atoms with Crippen LogP contribution in [0.25, 0.3) is 0 Å². The smallest absolute Gasteiger partial charge is 0.251 e. The summed E-state index contributed by atoms with van der Waals surface area (Å²) in [5, 5.41) is 15.5. The Morgan fingerprint density at radius 3 is 2.40 bits per heavy atom. The third-order valence-electron chi connectivity index (χ3n) is 5.42. The molecule has 3 rings (SSSR count). The molecule has 1 heterocycles. The third kappa shape index (κ3) is 6.94. The zero-order valence-corrected chi connectivity index (χ0v) is 23.3. The molecule has 3 aromatic rings. The number of carbonyl (C=O) groups is 2. The first-order valence-electron chi connectivity index (χ1n) is 11.3. The lowest BCUT2D eigenvalue weighted by Crippen LogP contribution is -2.33. The van der Waals surface area contributed by atoms with Crippen LogP contribution in [-0.2, 0) is 11.3 Å². The van der Waals surface area contributed by atoms with Crippen molar-refractivity contribution in [2.75, 3.05) is 11.1 Å². The molecule has 2 aromatic carbocycles. The highest BCUT2D eigenvalue weighted by Gasteiger charge is 2.26. The van der Waals surface area contributed by atoms with Crippen molar-refractivity contribution in [2.45, 2.75) is 45.4 Å². The fraction of sp³-hybridized carbons (Fsp3) is 0.308. The van der Waals surface area contributed by atoms with Gasteiger partial charge < -0.3 is 15.2 Å². The largest absolute Gasteiger partial charge is 0.342 e. The first kappa shape index (κ1) is 26.9. The molecule has 0 saturated carbocycles. The number of anilines is 1. The van der Waals surface area contributed by atoms with Crippen molar-refractivity contribution in [3.63, 3.8) is 0 Å². The summed E-state index contributed by atoms with van der Waals surface area (Å²) in [6.45, 7) is 12.3. The molecule has 184 valence electrons. The normalized spacial score (nSPS) is 11.8. The Labute approximate surface area is 224 Å². The number of carbonyl (C=O) groups excluding carboxylic acids is 2. The first-order valence-corrected chi connectivity index (χ1v) is 13.4. The van der Waals surface area contributed by atoms with Crippen LogP contribution in [-0.4, -0.2) is 32.3 Å². The molecule has 9 heteroatoms. The number of halogens is 1. The standard InChI is InChI=1S/C26H30IN5O2S/c1-6-12-32-24(22(16(2)3)29-25(34)19-10-8-7-9-11-19)30-31-26(32)35-15-21(33)28-23-17(4)13-20(27)14-18(23)5/h6-11,13-14,16,22H,1,12,15H2,2-5H3,(H,28,33)(H,29,34)/t22-/m0/s1. The van der Waals surface area contributed by atoms with Crippen LogP contribution < -0.4 is 10.6 Å². The van der Waals surface area contributed by atoms with Crippen LogP contribution in [0.5, 0.6) is 0 Å². The van der Waals surface area contributed by atoms with E-state index < -0.39 is 0 Å². The van der Waals surface area contributed by atoms with E-state index in [0.717, 1.165) is 20.4 Å². The number of benzene rings is 2. The van der Waals surface area contributed by atoms with E-state index in [-0.39, 0.29) is 29.5 Å². The summed E-state index contributed by atoms with van der Waals surface area (Å²) in [7, 11) is 0. The summed E-state index contributed by atoms with van der Waals surface area (Å²) in [5.41, 5.74) is 3.48. The number of aryl methyl sites for hydroxylation is 2. The molecule has 0 unspecified atom stereocenters. The Kier molecular flexibility index (Phi) is 9.50. The molecule has 0 saturated heterocycles. The number of thioether (sulfide) groups is 1. The minimum atomic E-state index is -0.351. The Morgan fingerprint density at radius 2 is 1.80 bits per heavy atom. The van der Waals surface area contributed by atoms with E-state index in [0.29, 0.717) is 23.1 Å². The second-order valence-corrected chi connectivity index (χ2v) is 10.7. The molecule has 0 spiro atoms. The molecule has 0 aliphatic heterocycles. The van der Waals surface area contributed by atoms with Crippen molar-refractivity contribution in [1.82, 2.24) is 20.1 Å². The molecule has 1 atom stereocenters. The zero-order valence-electron chi connectivity index (χ0n) is 20.3. The van der Waals surface area contributed by atoms with Gasteiger partial charge in [-0.3, -0.25) is 9.59 Å². The van der Waals surface area contributed by atoms with Gasteiger partial charge >= 0.3 is 0 Å². The average Bonchev–Trinajstić information content (AvgIpc) is 3.21. The molecule has 2 N–H and O–H groups in total. The number of aromatic nitrogens is 3. The van der Waals surface area contributed by atoms with Crippen LogP contribution >= 0.6 is 34.4 Å². The van der Waals surface area contributed by atoms with Crippen LogP contribution in [0.3, 0.4) is 0 Å². The van der Waals surface area contributed by atoms with E-state index in [1.54, 1.807) is 18.2 Å². The number of allylic oxidation sites excluding steroid dienone is 1. The van der Waals surface area contributed by atoms with Crippen LogP contribution in [0.15, 0.2) is 60.3 Å². The number of hydrogen-bond acceptors (Lipinski definition) is 5. The van der Waals surface area contributed by atoms with Crippen molar-refractivity contribution in [3.05, 3.63) is 81.2 Å². The monoisotopic (exact) mass is 603 g/mol. The molecular weight excluding hydrogens is 573 g/mol. The molecule has 0 aliphatic carbocycles. The van der Waals surface area contributed by atoms with Gasteiger partial charge in [-0.2, -0.15) is 0 Å². The van der Waals surface area contributed by atoms with Crippen LogP contribution in [0.4, 0.5) is 5.69 Å². The maximum Gasteiger partial charge on any atom is 0.251 e. The van der Waals surface area contributed by atoms with E-state index in [9.17, 15) is 9.59 Å². The molecule has 35 heavy (non-hydrogen) atoms. The Bertz CT molecular complexity index is 1190. The van der Waals surface area contributed by atoms with Crippen molar-refractivity contribution in [1.29, 1.82) is 0 Å². The quantitative estimate of drug-likeness (QED) is 0.181. The highest BCUT2D eigenvalue weighted by atomic mass is 127. The highest BCUT2D eigenvalue weighted by molar-refractivity contribution is 14.1. The van der Waals surface area contributed by atoms with Gasteiger partial charge in [-0.25, -0.2) is 0 Å². The van der Waals surface area contributed by atoms with Crippen molar-refractivity contribution >= 4 is 51.9 Å². The highest BCUT2D eigenvalue weighted by Crippen LogP contribution is 2.27. The SMILES string of the molecule is C=CCn1c(SCC(=O)Nc2c(C)cc(I)cc2C)nnc1[C@@H](NC(=O)c1ccccc1)C(C)C. The number of rotatable bonds is 10. The minimum absolute atomic E-state index is 0.0726. The lowest BCUT2D eigenvalue weighted by molar-refractivity contribution is -0.113. The fourth-order valence-electron chi connectivity index (χ4n) is 3.69. The minimum Gasteiger partial charge on any atom is -0.342 e. The predicted molar refractivity (Wildman–Crippen MR) is 150 cm³/mol. The summed E-state index contributed by atoms with van der Waals surface area (Å²) < 4.78 is 3.04. The van der Waals surface area contributed by atoms with E-state index in [1.165, 1.54) is 11.8 Å². The van der Waals surface area contributed by atoms with Crippen LogP contribution in [0.1, 0.15) is 47.2 Å². The van der Waals surface area contributed by atoms with Gasteiger partial charge in [0.25, 0.3) is 5.91 Å². The zero-order chi connectivity index (χ0) is 25.5. The van der Waals surface area contributed by atoms with E-state index >= 15 is 0 Å². The Hall–Kier alpha value is -2.66. The molecule has 0 fully saturated rings. The lowest BCUT2D eigenvalue weighted by atomic mass is 10.0. The summed E-state index contributed by atoms with van der Waals surface area (Å²) >= 11 is 3.58. The summed E-state index contributed by atoms with van der Waals surface area (Å²) in [4.78, 5) is 25.6. The van der Waals surface area contributed by atoms with Crippen molar-refractivity contribution in [2.24, 2.45) is 5.92 Å². The molecule has 7 nitrogen and oxygen atoms in total. The van der Waals surface area contributed by atoms with Gasteiger partial charge in [0.1, 0.15) is 0 Å².